The van der Waals surface area contributed by atoms with Gasteiger partial charge in [-0.3, -0.25) is 0 Å². The van der Waals surface area contributed by atoms with Gasteiger partial charge < -0.3 is 14.2 Å². The van der Waals surface area contributed by atoms with Crippen LogP contribution in [0.5, 0.6) is 11.5 Å². The van der Waals surface area contributed by atoms with E-state index in [-0.39, 0.29) is 28.7 Å². The number of aliphatic imine (C=N–C) groups is 1. The lowest BCUT2D eigenvalue weighted by molar-refractivity contribution is -0.129. The lowest BCUT2D eigenvalue weighted by Gasteiger charge is -2.12. The van der Waals surface area contributed by atoms with Crippen LogP contribution in [-0.2, 0) is 9.53 Å². The zero-order valence-electron chi connectivity index (χ0n) is 13.4. The van der Waals surface area contributed by atoms with E-state index in [4.69, 9.17) is 9.47 Å². The van der Waals surface area contributed by atoms with Gasteiger partial charge in [0.15, 0.2) is 17.2 Å². The number of halogens is 3. The second-order valence-electron chi connectivity index (χ2n) is 5.07. The molecule has 2 aromatic carbocycles. The molecule has 0 radical (unpaired) electrons. The average molecular weight is 424 g/mol. The van der Waals surface area contributed by atoms with Crippen LogP contribution in [0.4, 0.5) is 8.78 Å². The summed E-state index contributed by atoms with van der Waals surface area (Å²) in [5.74, 6) is -0.648. The van der Waals surface area contributed by atoms with Gasteiger partial charge in [-0.2, -0.15) is 8.78 Å². The lowest BCUT2D eigenvalue weighted by atomic mass is 10.1. The number of para-hydroxylation sites is 1. The highest BCUT2D eigenvalue weighted by Crippen LogP contribution is 2.34. The van der Waals surface area contributed by atoms with Crippen LogP contribution in [0.1, 0.15) is 11.1 Å². The van der Waals surface area contributed by atoms with Crippen LogP contribution >= 0.6 is 15.9 Å². The van der Waals surface area contributed by atoms with Gasteiger partial charge in [-0.05, 0) is 40.2 Å². The summed E-state index contributed by atoms with van der Waals surface area (Å²) >= 11 is 3.36. The number of ether oxygens (including phenoxy) is 3. The molecule has 8 heteroatoms. The molecule has 0 bridgehead atoms. The van der Waals surface area contributed by atoms with E-state index in [1.807, 2.05) is 6.07 Å². The Hall–Kier alpha value is -2.74. The Labute approximate surface area is 156 Å². The van der Waals surface area contributed by atoms with Crippen molar-refractivity contribution in [2.24, 2.45) is 4.99 Å². The quantitative estimate of drug-likeness (QED) is 0.528. The van der Waals surface area contributed by atoms with Crippen molar-refractivity contribution in [1.82, 2.24) is 0 Å². The van der Waals surface area contributed by atoms with Gasteiger partial charge in [0.1, 0.15) is 0 Å². The Morgan fingerprint density at radius 1 is 1.19 bits per heavy atom. The highest BCUT2D eigenvalue weighted by molar-refractivity contribution is 9.10. The van der Waals surface area contributed by atoms with Crippen LogP contribution in [0.2, 0.25) is 0 Å². The van der Waals surface area contributed by atoms with E-state index >= 15 is 0 Å². The Kier molecular flexibility index (Phi) is 5.32. The summed E-state index contributed by atoms with van der Waals surface area (Å²) < 4.78 is 40.9. The number of alkyl halides is 2. The number of hydrogen-bond donors (Lipinski definition) is 0. The largest absolute Gasteiger partial charge is 0.493 e. The van der Waals surface area contributed by atoms with E-state index in [1.54, 1.807) is 24.3 Å². The fourth-order valence-corrected chi connectivity index (χ4v) is 2.78. The van der Waals surface area contributed by atoms with Gasteiger partial charge in [0.2, 0.25) is 5.90 Å². The standard InChI is InChI=1S/C18H12BrF2NO4/c1-24-14-8-4-5-10(15(14)25-18(20)21)9-13-17(23)26-16(22-13)11-6-2-3-7-12(11)19/h2-9,18H,1H3/b13-9-. The molecule has 0 saturated heterocycles. The molecular weight excluding hydrogens is 412 g/mol. The van der Waals surface area contributed by atoms with Crippen molar-refractivity contribution < 1.29 is 27.8 Å². The molecule has 0 spiro atoms. The van der Waals surface area contributed by atoms with Crippen LogP contribution in [0, 0.1) is 0 Å². The Morgan fingerprint density at radius 2 is 1.96 bits per heavy atom. The predicted octanol–water partition coefficient (Wildman–Crippen LogP) is 4.40. The zero-order chi connectivity index (χ0) is 18.7. The SMILES string of the molecule is COc1cccc(/C=C2\N=C(c3ccccc3Br)OC2=O)c1OC(F)F. The molecule has 1 aliphatic heterocycles. The molecule has 0 amide bonds. The highest BCUT2D eigenvalue weighted by atomic mass is 79.9. The second kappa shape index (κ2) is 7.65. The number of methoxy groups -OCH3 is 1. The normalized spacial score (nSPS) is 15.2. The number of esters is 1. The van der Waals surface area contributed by atoms with Crippen molar-refractivity contribution >= 4 is 33.9 Å². The van der Waals surface area contributed by atoms with Crippen LogP contribution < -0.4 is 9.47 Å². The summed E-state index contributed by atoms with van der Waals surface area (Å²) in [4.78, 5) is 16.3. The molecule has 0 N–H and O–H groups in total. The summed E-state index contributed by atoms with van der Waals surface area (Å²) in [6, 6.07) is 11.7. The van der Waals surface area contributed by atoms with Crippen LogP contribution in [0.15, 0.2) is 57.6 Å². The fourth-order valence-electron chi connectivity index (χ4n) is 2.33. The Balaban J connectivity index is 2.02. The van der Waals surface area contributed by atoms with Gasteiger partial charge in [-0.15, -0.1) is 0 Å². The zero-order valence-corrected chi connectivity index (χ0v) is 15.0. The third kappa shape index (κ3) is 3.75. The molecule has 5 nitrogen and oxygen atoms in total. The maximum absolute atomic E-state index is 12.7. The summed E-state index contributed by atoms with van der Waals surface area (Å²) in [6.45, 7) is -3.04. The fraction of sp³-hybridized carbons (Fsp3) is 0.111. The van der Waals surface area contributed by atoms with Crippen LogP contribution in [0.3, 0.4) is 0 Å². The van der Waals surface area contributed by atoms with Crippen molar-refractivity contribution in [3.05, 3.63) is 63.8 Å². The van der Waals surface area contributed by atoms with E-state index in [2.05, 4.69) is 25.7 Å². The highest BCUT2D eigenvalue weighted by Gasteiger charge is 2.26. The third-order valence-corrected chi connectivity index (χ3v) is 4.14. The van der Waals surface area contributed by atoms with Gasteiger partial charge in [-0.1, -0.05) is 24.3 Å². The van der Waals surface area contributed by atoms with Crippen molar-refractivity contribution in [2.45, 2.75) is 6.61 Å². The maximum atomic E-state index is 12.7. The van der Waals surface area contributed by atoms with Gasteiger partial charge in [0.25, 0.3) is 0 Å². The molecule has 3 rings (SSSR count). The topological polar surface area (TPSA) is 57.1 Å². The molecule has 0 aliphatic carbocycles. The smallest absolute Gasteiger partial charge is 0.387 e. The summed E-state index contributed by atoms with van der Waals surface area (Å²) in [5.41, 5.74) is 0.774. The number of hydrogen-bond acceptors (Lipinski definition) is 5. The predicted molar refractivity (Wildman–Crippen MR) is 94.4 cm³/mol. The number of nitrogens with zero attached hydrogens (tertiary/aromatic N) is 1. The molecule has 26 heavy (non-hydrogen) atoms. The third-order valence-electron chi connectivity index (χ3n) is 3.45. The molecule has 134 valence electrons. The first-order valence-corrected chi connectivity index (χ1v) is 8.18. The van der Waals surface area contributed by atoms with Gasteiger partial charge in [0.05, 0.1) is 12.7 Å². The van der Waals surface area contributed by atoms with E-state index in [0.717, 1.165) is 0 Å². The molecular formula is C18H12BrF2NO4. The Bertz CT molecular complexity index is 912. The van der Waals surface area contributed by atoms with Gasteiger partial charge in [-0.25, -0.2) is 9.79 Å². The van der Waals surface area contributed by atoms with Crippen LogP contribution in [-0.4, -0.2) is 25.6 Å². The first kappa shape index (κ1) is 18.1. The molecule has 1 heterocycles. The number of carbonyl (C=O) groups excluding carboxylic acids is 1. The van der Waals surface area contributed by atoms with Crippen molar-refractivity contribution in [3.8, 4) is 11.5 Å². The molecule has 0 aromatic heterocycles. The second-order valence-corrected chi connectivity index (χ2v) is 5.93. The summed E-state index contributed by atoms with van der Waals surface area (Å²) in [7, 11) is 1.33. The Morgan fingerprint density at radius 3 is 2.65 bits per heavy atom. The first-order chi connectivity index (χ1) is 12.5. The molecule has 0 fully saturated rings. The molecule has 1 aliphatic rings. The first-order valence-electron chi connectivity index (χ1n) is 7.39. The summed E-state index contributed by atoms with van der Waals surface area (Å²) in [6.07, 6.45) is 1.31. The number of benzene rings is 2. The van der Waals surface area contributed by atoms with E-state index < -0.39 is 12.6 Å². The average Bonchev–Trinajstić information content (AvgIpc) is 2.97. The monoisotopic (exact) mass is 423 g/mol. The van der Waals surface area contributed by atoms with Crippen molar-refractivity contribution in [2.75, 3.05) is 7.11 Å². The lowest BCUT2D eigenvalue weighted by Crippen LogP contribution is -2.06. The number of cyclic esters (lactones) is 1. The van der Waals surface area contributed by atoms with Gasteiger partial charge >= 0.3 is 12.6 Å². The molecule has 0 unspecified atom stereocenters. The van der Waals surface area contributed by atoms with Crippen LogP contribution in [0.25, 0.3) is 6.08 Å². The molecule has 0 atom stereocenters. The maximum Gasteiger partial charge on any atom is 0.387 e. The minimum absolute atomic E-state index is 0.0388. The minimum Gasteiger partial charge on any atom is -0.493 e. The molecule has 2 aromatic rings. The minimum atomic E-state index is -3.04. The summed E-state index contributed by atoms with van der Waals surface area (Å²) in [5, 5.41) is 0. The van der Waals surface area contributed by atoms with E-state index in [0.29, 0.717) is 10.0 Å². The van der Waals surface area contributed by atoms with Crippen molar-refractivity contribution in [1.29, 1.82) is 0 Å². The molecule has 0 saturated carbocycles. The number of carbonyl (C=O) groups is 1. The van der Waals surface area contributed by atoms with E-state index in [1.165, 1.54) is 25.3 Å². The number of rotatable bonds is 5. The van der Waals surface area contributed by atoms with Gasteiger partial charge in [0, 0.05) is 10.0 Å². The van der Waals surface area contributed by atoms with E-state index in [9.17, 15) is 13.6 Å². The van der Waals surface area contributed by atoms with Crippen molar-refractivity contribution in [3.63, 3.8) is 0 Å².